The number of benzene rings is 2. The van der Waals surface area contributed by atoms with Crippen LogP contribution in [-0.2, 0) is 0 Å². The Morgan fingerprint density at radius 2 is 1.47 bits per heavy atom. The Hall–Kier alpha value is -3.67. The zero-order valence-electron chi connectivity index (χ0n) is 16.8. The van der Waals surface area contributed by atoms with E-state index in [-0.39, 0.29) is 11.9 Å². The number of anilines is 1. The van der Waals surface area contributed by atoms with E-state index in [0.717, 1.165) is 34.5 Å². The minimum Gasteiger partial charge on any atom is -0.348 e. The van der Waals surface area contributed by atoms with Crippen LogP contribution < -0.4 is 4.90 Å². The molecule has 0 aliphatic carbocycles. The number of amides is 1. The molecule has 5 rings (SSSR count). The molecule has 0 spiro atoms. The summed E-state index contributed by atoms with van der Waals surface area (Å²) in [7, 11) is 0. The summed E-state index contributed by atoms with van der Waals surface area (Å²) >= 11 is 0. The number of fused-ring (bicyclic) bond motifs is 1. The molecule has 30 heavy (non-hydrogen) atoms. The highest BCUT2D eigenvalue weighted by Gasteiger charge is 2.29. The summed E-state index contributed by atoms with van der Waals surface area (Å²) in [6, 6.07) is 21.8. The highest BCUT2D eigenvalue weighted by molar-refractivity contribution is 5.97. The second kappa shape index (κ2) is 7.63. The zero-order valence-corrected chi connectivity index (χ0v) is 16.8. The first-order chi connectivity index (χ1) is 14.7. The predicted octanol–water partition coefficient (Wildman–Crippen LogP) is 3.77. The van der Waals surface area contributed by atoms with Crippen LogP contribution >= 0.6 is 0 Å². The van der Waals surface area contributed by atoms with Crippen molar-refractivity contribution in [1.29, 1.82) is 0 Å². The first kappa shape index (κ1) is 18.4. The number of aromatic nitrogens is 3. The van der Waals surface area contributed by atoms with Crippen molar-refractivity contribution in [1.82, 2.24) is 19.7 Å². The lowest BCUT2D eigenvalue weighted by Gasteiger charge is -2.40. The van der Waals surface area contributed by atoms with Gasteiger partial charge in [-0.3, -0.25) is 4.79 Å². The average molecular weight is 397 g/mol. The lowest BCUT2D eigenvalue weighted by atomic mass is 10.1. The number of nitrogens with zero attached hydrogens (tertiary/aromatic N) is 5. The number of rotatable bonds is 3. The van der Waals surface area contributed by atoms with Crippen molar-refractivity contribution in [2.75, 3.05) is 24.5 Å². The third kappa shape index (κ3) is 3.20. The van der Waals surface area contributed by atoms with Crippen molar-refractivity contribution < 1.29 is 4.79 Å². The van der Waals surface area contributed by atoms with Gasteiger partial charge in [0.15, 0.2) is 11.6 Å². The zero-order chi connectivity index (χ0) is 20.5. The monoisotopic (exact) mass is 397 g/mol. The molecular formula is C24H23N5O. The summed E-state index contributed by atoms with van der Waals surface area (Å²) in [5.41, 5.74) is 0.736. The first-order valence-electron chi connectivity index (χ1n) is 10.2. The minimum atomic E-state index is 0.0843. The molecule has 0 radical (unpaired) electrons. The molecule has 150 valence electrons. The fourth-order valence-corrected chi connectivity index (χ4v) is 4.17. The van der Waals surface area contributed by atoms with Gasteiger partial charge in [-0.05, 0) is 31.2 Å². The standard InChI is InChI=1S/C24H23N5O/c1-18-17-28(24(30)19-9-3-2-4-10-19)15-16-29(18)23-21-12-6-5-11-20(21)22(25-26-23)27-13-7-8-14-27/h2-14,18H,15-17H2,1H3/t18-/m1/s1. The second-order valence-corrected chi connectivity index (χ2v) is 7.64. The molecule has 1 fully saturated rings. The molecule has 2 aromatic carbocycles. The Kier molecular flexibility index (Phi) is 4.67. The number of carbonyl (C=O) groups is 1. The predicted molar refractivity (Wildman–Crippen MR) is 118 cm³/mol. The largest absolute Gasteiger partial charge is 0.348 e. The second-order valence-electron chi connectivity index (χ2n) is 7.64. The van der Waals surface area contributed by atoms with E-state index in [1.165, 1.54) is 0 Å². The van der Waals surface area contributed by atoms with E-state index < -0.39 is 0 Å². The van der Waals surface area contributed by atoms with Gasteiger partial charge in [-0.25, -0.2) is 0 Å². The maximum absolute atomic E-state index is 12.9. The van der Waals surface area contributed by atoms with Crippen molar-refractivity contribution in [2.24, 2.45) is 0 Å². The summed E-state index contributed by atoms with van der Waals surface area (Å²) in [4.78, 5) is 17.1. The van der Waals surface area contributed by atoms with Crippen molar-refractivity contribution in [3.8, 4) is 5.82 Å². The van der Waals surface area contributed by atoms with Crippen molar-refractivity contribution in [2.45, 2.75) is 13.0 Å². The van der Waals surface area contributed by atoms with Gasteiger partial charge in [0, 0.05) is 54.4 Å². The third-order valence-corrected chi connectivity index (χ3v) is 5.70. The van der Waals surface area contributed by atoms with Crippen LogP contribution in [0, 0.1) is 0 Å². The minimum absolute atomic E-state index is 0.0843. The Labute approximate surface area is 175 Å². The van der Waals surface area contributed by atoms with E-state index in [9.17, 15) is 4.79 Å². The molecular weight excluding hydrogens is 374 g/mol. The molecule has 2 aromatic heterocycles. The molecule has 1 amide bonds. The van der Waals surface area contributed by atoms with E-state index in [2.05, 4.69) is 34.2 Å². The van der Waals surface area contributed by atoms with Gasteiger partial charge in [0.05, 0.1) is 0 Å². The van der Waals surface area contributed by atoms with Crippen molar-refractivity contribution >= 4 is 22.5 Å². The first-order valence-corrected chi connectivity index (χ1v) is 10.2. The topological polar surface area (TPSA) is 54.3 Å². The number of carbonyl (C=O) groups excluding carboxylic acids is 1. The number of piperazine rings is 1. The Morgan fingerprint density at radius 1 is 0.833 bits per heavy atom. The third-order valence-electron chi connectivity index (χ3n) is 5.70. The van der Waals surface area contributed by atoms with E-state index in [4.69, 9.17) is 0 Å². The fraction of sp³-hybridized carbons (Fsp3) is 0.208. The molecule has 1 aliphatic heterocycles. The van der Waals surface area contributed by atoms with Crippen LogP contribution in [0.1, 0.15) is 17.3 Å². The van der Waals surface area contributed by atoms with Crippen LogP contribution in [-0.4, -0.2) is 51.2 Å². The smallest absolute Gasteiger partial charge is 0.253 e. The highest BCUT2D eigenvalue weighted by Crippen LogP contribution is 2.30. The molecule has 6 heteroatoms. The van der Waals surface area contributed by atoms with Gasteiger partial charge in [0.2, 0.25) is 0 Å². The Bertz CT molecular complexity index is 1170. The highest BCUT2D eigenvalue weighted by atomic mass is 16.2. The molecule has 0 N–H and O–H groups in total. The molecule has 0 saturated carbocycles. The van der Waals surface area contributed by atoms with Crippen LogP contribution in [0.5, 0.6) is 0 Å². The normalized spacial score (nSPS) is 16.8. The summed E-state index contributed by atoms with van der Waals surface area (Å²) in [6.07, 6.45) is 3.96. The van der Waals surface area contributed by atoms with E-state index >= 15 is 0 Å². The molecule has 1 saturated heterocycles. The van der Waals surface area contributed by atoms with Crippen LogP contribution in [0.2, 0.25) is 0 Å². The number of hydrogen-bond acceptors (Lipinski definition) is 4. The van der Waals surface area contributed by atoms with E-state index in [1.54, 1.807) is 0 Å². The molecule has 6 nitrogen and oxygen atoms in total. The SMILES string of the molecule is C[C@@H]1CN(C(=O)c2ccccc2)CCN1c1nnc(-n2cccc2)c2ccccc12. The van der Waals surface area contributed by atoms with Gasteiger partial charge in [0.25, 0.3) is 5.91 Å². The Balaban J connectivity index is 1.44. The molecule has 0 bridgehead atoms. The maximum Gasteiger partial charge on any atom is 0.253 e. The summed E-state index contributed by atoms with van der Waals surface area (Å²) in [5.74, 6) is 1.78. The number of hydrogen-bond donors (Lipinski definition) is 0. The van der Waals surface area contributed by atoms with Crippen molar-refractivity contribution in [3.05, 3.63) is 84.7 Å². The van der Waals surface area contributed by atoms with Gasteiger partial charge in [-0.15, -0.1) is 10.2 Å². The molecule has 3 heterocycles. The maximum atomic E-state index is 12.9. The summed E-state index contributed by atoms with van der Waals surface area (Å²) in [6.45, 7) is 4.18. The van der Waals surface area contributed by atoms with Crippen LogP contribution in [0.25, 0.3) is 16.6 Å². The lowest BCUT2D eigenvalue weighted by Crippen LogP contribution is -2.54. The lowest BCUT2D eigenvalue weighted by molar-refractivity contribution is 0.0726. The van der Waals surface area contributed by atoms with Gasteiger partial charge in [-0.1, -0.05) is 42.5 Å². The van der Waals surface area contributed by atoms with Gasteiger partial charge < -0.3 is 14.4 Å². The van der Waals surface area contributed by atoms with Crippen LogP contribution in [0.3, 0.4) is 0 Å². The molecule has 4 aromatic rings. The van der Waals surface area contributed by atoms with Crippen molar-refractivity contribution in [3.63, 3.8) is 0 Å². The van der Waals surface area contributed by atoms with Crippen LogP contribution in [0.4, 0.5) is 5.82 Å². The van der Waals surface area contributed by atoms with E-state index in [0.29, 0.717) is 13.1 Å². The van der Waals surface area contributed by atoms with E-state index in [1.807, 2.05) is 76.5 Å². The Morgan fingerprint density at radius 3 is 2.17 bits per heavy atom. The van der Waals surface area contributed by atoms with Gasteiger partial charge >= 0.3 is 0 Å². The van der Waals surface area contributed by atoms with Gasteiger partial charge in [-0.2, -0.15) is 0 Å². The molecule has 1 aliphatic rings. The summed E-state index contributed by atoms with van der Waals surface area (Å²) in [5, 5.41) is 11.3. The van der Waals surface area contributed by atoms with Crippen LogP contribution in [0.15, 0.2) is 79.1 Å². The quantitative estimate of drug-likeness (QED) is 0.528. The molecule has 0 unspecified atom stereocenters. The van der Waals surface area contributed by atoms with Gasteiger partial charge in [0.1, 0.15) is 0 Å². The fourth-order valence-electron chi connectivity index (χ4n) is 4.17. The average Bonchev–Trinajstić information content (AvgIpc) is 3.33. The molecule has 1 atom stereocenters. The summed E-state index contributed by atoms with van der Waals surface area (Å²) < 4.78 is 1.99.